The van der Waals surface area contributed by atoms with E-state index in [1.165, 1.54) is 0 Å². The zero-order valence-electron chi connectivity index (χ0n) is 16.0. The molecule has 6 heteroatoms. The molecular weight excluding hydrogens is 380 g/mol. The topological polar surface area (TPSA) is 53.9 Å². The Morgan fingerprint density at radius 1 is 0.966 bits per heavy atom. The molecular formula is C23H22N4OS. The number of rotatable bonds is 4. The molecule has 1 aliphatic heterocycles. The lowest BCUT2D eigenvalue weighted by atomic mass is 10.1. The van der Waals surface area contributed by atoms with Crippen LogP contribution in [0.4, 0.5) is 0 Å². The molecule has 0 unspecified atom stereocenters. The molecule has 3 heterocycles. The van der Waals surface area contributed by atoms with Crippen molar-refractivity contribution >= 4 is 22.8 Å². The highest BCUT2D eigenvalue weighted by atomic mass is 32.2. The predicted octanol–water partition coefficient (Wildman–Crippen LogP) is 3.93. The van der Waals surface area contributed by atoms with Gasteiger partial charge < -0.3 is 4.98 Å². The molecule has 0 atom stereocenters. The summed E-state index contributed by atoms with van der Waals surface area (Å²) in [5.74, 6) is 2.25. The molecule has 0 spiro atoms. The summed E-state index contributed by atoms with van der Waals surface area (Å²) in [4.78, 5) is 18.4. The van der Waals surface area contributed by atoms with Gasteiger partial charge in [0.1, 0.15) is 11.3 Å². The minimum Gasteiger partial charge on any atom is -0.306 e. The molecule has 0 bridgehead atoms. The van der Waals surface area contributed by atoms with Crippen LogP contribution in [0.15, 0.2) is 71.5 Å². The van der Waals surface area contributed by atoms with E-state index >= 15 is 0 Å². The van der Waals surface area contributed by atoms with Crippen molar-refractivity contribution in [3.63, 3.8) is 0 Å². The van der Waals surface area contributed by atoms with Gasteiger partial charge in [0.15, 0.2) is 0 Å². The van der Waals surface area contributed by atoms with Gasteiger partial charge in [-0.1, -0.05) is 48.5 Å². The van der Waals surface area contributed by atoms with Crippen molar-refractivity contribution in [1.82, 2.24) is 19.7 Å². The first-order valence-electron chi connectivity index (χ1n) is 9.85. The van der Waals surface area contributed by atoms with Gasteiger partial charge in [0.2, 0.25) is 0 Å². The molecule has 5 nitrogen and oxygen atoms in total. The van der Waals surface area contributed by atoms with E-state index in [0.29, 0.717) is 6.54 Å². The largest absolute Gasteiger partial charge is 0.306 e. The number of aromatic nitrogens is 3. The lowest BCUT2D eigenvalue weighted by molar-refractivity contribution is 0.293. The van der Waals surface area contributed by atoms with E-state index in [1.54, 1.807) is 0 Å². The molecule has 0 amide bonds. The highest BCUT2D eigenvalue weighted by Gasteiger charge is 2.18. The van der Waals surface area contributed by atoms with E-state index in [-0.39, 0.29) is 5.56 Å². The Kier molecular flexibility index (Phi) is 4.96. The van der Waals surface area contributed by atoms with Gasteiger partial charge in [-0.15, -0.1) is 0 Å². The molecule has 1 aliphatic rings. The molecule has 0 saturated carbocycles. The molecule has 1 fully saturated rings. The number of nitrogens with one attached hydrogen (secondary N) is 1. The zero-order chi connectivity index (χ0) is 19.6. The highest BCUT2D eigenvalue weighted by Crippen LogP contribution is 2.29. The Morgan fingerprint density at radius 2 is 1.66 bits per heavy atom. The number of aromatic amines is 1. The summed E-state index contributed by atoms with van der Waals surface area (Å²) < 4.78 is 1.83. The Bertz CT molecular complexity index is 1180. The summed E-state index contributed by atoms with van der Waals surface area (Å²) in [5, 5.41) is 5.86. The average Bonchev–Trinajstić information content (AvgIpc) is 3.14. The lowest BCUT2D eigenvalue weighted by Crippen LogP contribution is -2.34. The molecule has 1 saturated heterocycles. The molecule has 5 rings (SSSR count). The number of H-pyrrole nitrogens is 1. The van der Waals surface area contributed by atoms with Crippen LogP contribution in [0.3, 0.4) is 0 Å². The predicted molar refractivity (Wildman–Crippen MR) is 120 cm³/mol. The molecule has 4 aromatic rings. The third-order valence-electron chi connectivity index (χ3n) is 5.31. The Morgan fingerprint density at radius 3 is 2.38 bits per heavy atom. The van der Waals surface area contributed by atoms with Gasteiger partial charge in [-0.25, -0.2) is 4.68 Å². The van der Waals surface area contributed by atoms with Gasteiger partial charge in [-0.05, 0) is 18.2 Å². The Balaban J connectivity index is 1.67. The fourth-order valence-electron chi connectivity index (χ4n) is 3.80. The number of fused-ring (bicyclic) bond motifs is 1. The van der Waals surface area contributed by atoms with Crippen LogP contribution in [0.25, 0.3) is 28.0 Å². The number of benzene rings is 2. The van der Waals surface area contributed by atoms with E-state index in [1.807, 2.05) is 71.0 Å². The van der Waals surface area contributed by atoms with Crippen LogP contribution in [0.5, 0.6) is 0 Å². The van der Waals surface area contributed by atoms with Gasteiger partial charge in [-0.3, -0.25) is 9.69 Å². The molecule has 1 N–H and O–H groups in total. The van der Waals surface area contributed by atoms with E-state index in [4.69, 9.17) is 5.10 Å². The van der Waals surface area contributed by atoms with E-state index in [2.05, 4.69) is 22.0 Å². The fourth-order valence-corrected chi connectivity index (χ4v) is 4.78. The highest BCUT2D eigenvalue weighted by molar-refractivity contribution is 7.99. The zero-order valence-corrected chi connectivity index (χ0v) is 16.9. The SMILES string of the molecule is O=c1[nH]c2c(cc1CN1CCSCC1)c(-c1ccccc1)nn2-c1ccccc1. The Hall–Kier alpha value is -2.83. The van der Waals surface area contributed by atoms with E-state index < -0.39 is 0 Å². The summed E-state index contributed by atoms with van der Waals surface area (Å²) in [6.07, 6.45) is 0. The van der Waals surface area contributed by atoms with Crippen molar-refractivity contribution in [1.29, 1.82) is 0 Å². The van der Waals surface area contributed by atoms with Crippen LogP contribution < -0.4 is 5.56 Å². The van der Waals surface area contributed by atoms with Crippen LogP contribution in [0.2, 0.25) is 0 Å². The number of pyridine rings is 1. The van der Waals surface area contributed by atoms with Gasteiger partial charge in [0.05, 0.1) is 5.69 Å². The molecule has 29 heavy (non-hydrogen) atoms. The summed E-state index contributed by atoms with van der Waals surface area (Å²) in [6, 6.07) is 22.1. The second kappa shape index (κ2) is 7.89. The number of para-hydroxylation sites is 1. The van der Waals surface area contributed by atoms with Gasteiger partial charge in [0.25, 0.3) is 5.56 Å². The molecule has 146 valence electrons. The van der Waals surface area contributed by atoms with Crippen LogP contribution >= 0.6 is 11.8 Å². The Labute approximate surface area is 173 Å². The van der Waals surface area contributed by atoms with Gasteiger partial charge >= 0.3 is 0 Å². The number of hydrogen-bond donors (Lipinski definition) is 1. The normalized spacial score (nSPS) is 15.0. The van der Waals surface area contributed by atoms with Crippen LogP contribution in [0.1, 0.15) is 5.56 Å². The quantitative estimate of drug-likeness (QED) is 0.562. The van der Waals surface area contributed by atoms with Crippen LogP contribution in [-0.2, 0) is 6.54 Å². The lowest BCUT2D eigenvalue weighted by Gasteiger charge is -2.25. The fraction of sp³-hybridized carbons (Fsp3) is 0.217. The van der Waals surface area contributed by atoms with Crippen molar-refractivity contribution in [3.05, 3.63) is 82.6 Å². The van der Waals surface area contributed by atoms with Crippen molar-refractivity contribution in [2.24, 2.45) is 0 Å². The van der Waals surface area contributed by atoms with Gasteiger partial charge in [-0.2, -0.15) is 16.9 Å². The van der Waals surface area contributed by atoms with Gasteiger partial charge in [0, 0.05) is 47.7 Å². The second-order valence-electron chi connectivity index (χ2n) is 7.24. The minimum atomic E-state index is -0.0348. The number of thioether (sulfide) groups is 1. The summed E-state index contributed by atoms with van der Waals surface area (Å²) in [5.41, 5.74) is 4.35. The maximum absolute atomic E-state index is 12.9. The van der Waals surface area contributed by atoms with Crippen molar-refractivity contribution in [2.75, 3.05) is 24.6 Å². The maximum atomic E-state index is 12.9. The van der Waals surface area contributed by atoms with Crippen LogP contribution in [-0.4, -0.2) is 44.3 Å². The van der Waals surface area contributed by atoms with Crippen molar-refractivity contribution < 1.29 is 0 Å². The molecule has 2 aromatic carbocycles. The third kappa shape index (κ3) is 3.61. The summed E-state index contributed by atoms with van der Waals surface area (Å²) in [7, 11) is 0. The maximum Gasteiger partial charge on any atom is 0.254 e. The first-order valence-corrected chi connectivity index (χ1v) is 11.0. The molecule has 0 aliphatic carbocycles. The average molecular weight is 403 g/mol. The smallest absolute Gasteiger partial charge is 0.254 e. The summed E-state index contributed by atoms with van der Waals surface area (Å²) in [6.45, 7) is 2.73. The van der Waals surface area contributed by atoms with Crippen molar-refractivity contribution in [2.45, 2.75) is 6.54 Å². The first kappa shape index (κ1) is 18.2. The number of hydrogen-bond acceptors (Lipinski definition) is 4. The molecule has 0 radical (unpaired) electrons. The van der Waals surface area contributed by atoms with Crippen LogP contribution in [0, 0.1) is 0 Å². The first-order chi connectivity index (χ1) is 14.3. The number of nitrogens with zero attached hydrogens (tertiary/aromatic N) is 3. The standard InChI is InChI=1S/C23H22N4OS/c28-23-18(16-26-11-13-29-14-12-26)15-20-21(17-7-3-1-4-8-17)25-27(22(20)24-23)19-9-5-2-6-10-19/h1-10,15H,11-14,16H2,(H,24,28). The molecule has 2 aromatic heterocycles. The minimum absolute atomic E-state index is 0.0348. The monoisotopic (exact) mass is 402 g/mol. The van der Waals surface area contributed by atoms with Crippen molar-refractivity contribution in [3.8, 4) is 16.9 Å². The second-order valence-corrected chi connectivity index (χ2v) is 8.46. The third-order valence-corrected chi connectivity index (χ3v) is 6.25. The summed E-state index contributed by atoms with van der Waals surface area (Å²) >= 11 is 1.98. The van der Waals surface area contributed by atoms with E-state index in [0.717, 1.165) is 58.1 Å². The van der Waals surface area contributed by atoms with E-state index in [9.17, 15) is 4.79 Å².